The largest absolute Gasteiger partial charge is 0.273 e. The van der Waals surface area contributed by atoms with Gasteiger partial charge in [-0.2, -0.15) is 5.10 Å². The van der Waals surface area contributed by atoms with Gasteiger partial charge in [0.15, 0.2) is 0 Å². The van der Waals surface area contributed by atoms with E-state index >= 15 is 0 Å². The minimum Gasteiger partial charge on any atom is -0.273 e. The van der Waals surface area contributed by atoms with Gasteiger partial charge in [-0.1, -0.05) is 17.7 Å². The van der Waals surface area contributed by atoms with Gasteiger partial charge in [0.2, 0.25) is 5.91 Å². The molecular formula is C14H18N2O. The SMILES string of the molecule is Cc1cc(C)c(CC2=NNC(=O)CC2)c(C)c1. The lowest BCUT2D eigenvalue weighted by Crippen LogP contribution is -2.26. The molecule has 3 nitrogen and oxygen atoms in total. The predicted molar refractivity (Wildman–Crippen MR) is 69.2 cm³/mol. The fourth-order valence-corrected chi connectivity index (χ4v) is 2.33. The second-order valence-electron chi connectivity index (χ2n) is 4.77. The number of nitrogens with one attached hydrogen (secondary N) is 1. The van der Waals surface area contributed by atoms with E-state index < -0.39 is 0 Å². The Hall–Kier alpha value is -1.64. The first-order valence-corrected chi connectivity index (χ1v) is 5.97. The molecule has 3 heteroatoms. The quantitative estimate of drug-likeness (QED) is 0.833. The molecule has 0 aliphatic carbocycles. The highest BCUT2D eigenvalue weighted by Gasteiger charge is 2.14. The lowest BCUT2D eigenvalue weighted by atomic mass is 9.94. The molecule has 0 radical (unpaired) electrons. The van der Waals surface area contributed by atoms with Crippen LogP contribution in [0.1, 0.15) is 35.1 Å². The van der Waals surface area contributed by atoms with Crippen molar-refractivity contribution in [2.45, 2.75) is 40.0 Å². The summed E-state index contributed by atoms with van der Waals surface area (Å²) in [4.78, 5) is 11.0. The third-order valence-corrected chi connectivity index (χ3v) is 3.20. The van der Waals surface area contributed by atoms with Crippen molar-refractivity contribution in [1.82, 2.24) is 5.43 Å². The number of hydrazone groups is 1. The highest BCUT2D eigenvalue weighted by Crippen LogP contribution is 2.18. The molecule has 0 bridgehead atoms. The minimum atomic E-state index is 0.0195. The molecule has 0 atom stereocenters. The van der Waals surface area contributed by atoms with E-state index in [1.165, 1.54) is 22.3 Å². The average molecular weight is 230 g/mol. The molecule has 2 rings (SSSR count). The van der Waals surface area contributed by atoms with Crippen molar-refractivity contribution in [3.8, 4) is 0 Å². The number of rotatable bonds is 2. The van der Waals surface area contributed by atoms with Crippen molar-refractivity contribution in [3.05, 3.63) is 34.4 Å². The number of benzene rings is 1. The Balaban J connectivity index is 2.22. The Kier molecular flexibility index (Phi) is 3.27. The van der Waals surface area contributed by atoms with Crippen LogP contribution in [0.25, 0.3) is 0 Å². The van der Waals surface area contributed by atoms with Gasteiger partial charge in [-0.15, -0.1) is 0 Å². The Labute approximate surface area is 102 Å². The van der Waals surface area contributed by atoms with Gasteiger partial charge in [-0.3, -0.25) is 4.79 Å². The summed E-state index contributed by atoms with van der Waals surface area (Å²) in [5.41, 5.74) is 8.87. The van der Waals surface area contributed by atoms with Crippen LogP contribution in [0, 0.1) is 20.8 Å². The molecule has 1 heterocycles. The Morgan fingerprint density at radius 2 is 1.82 bits per heavy atom. The molecule has 1 N–H and O–H groups in total. The number of carbonyl (C=O) groups excluding carboxylic acids is 1. The van der Waals surface area contributed by atoms with Gasteiger partial charge in [0.25, 0.3) is 0 Å². The van der Waals surface area contributed by atoms with Crippen LogP contribution in [0.4, 0.5) is 0 Å². The van der Waals surface area contributed by atoms with Crippen molar-refractivity contribution < 1.29 is 4.79 Å². The van der Waals surface area contributed by atoms with E-state index in [-0.39, 0.29) is 5.91 Å². The highest BCUT2D eigenvalue weighted by molar-refractivity contribution is 5.94. The fraction of sp³-hybridized carbons (Fsp3) is 0.429. The van der Waals surface area contributed by atoms with Crippen LogP contribution >= 0.6 is 0 Å². The lowest BCUT2D eigenvalue weighted by molar-refractivity contribution is -0.121. The summed E-state index contributed by atoms with van der Waals surface area (Å²) in [5.74, 6) is 0.0195. The van der Waals surface area contributed by atoms with E-state index in [9.17, 15) is 4.79 Å². The van der Waals surface area contributed by atoms with Gasteiger partial charge in [0.05, 0.1) is 0 Å². The van der Waals surface area contributed by atoms with Crippen molar-refractivity contribution in [2.75, 3.05) is 0 Å². The minimum absolute atomic E-state index is 0.0195. The topological polar surface area (TPSA) is 41.5 Å². The van der Waals surface area contributed by atoms with Crippen molar-refractivity contribution in [2.24, 2.45) is 5.10 Å². The molecule has 0 fully saturated rings. The maximum atomic E-state index is 11.0. The number of hydrogen-bond donors (Lipinski definition) is 1. The first-order chi connectivity index (χ1) is 8.06. The number of carbonyl (C=O) groups is 1. The molecule has 90 valence electrons. The molecule has 0 saturated heterocycles. The molecule has 1 aromatic carbocycles. The van der Waals surface area contributed by atoms with E-state index in [0.717, 1.165) is 18.6 Å². The maximum absolute atomic E-state index is 11.0. The van der Waals surface area contributed by atoms with E-state index in [1.54, 1.807) is 0 Å². The molecule has 1 amide bonds. The van der Waals surface area contributed by atoms with Gasteiger partial charge in [-0.25, -0.2) is 5.43 Å². The Bertz CT molecular complexity index is 466. The first kappa shape index (κ1) is 11.8. The average Bonchev–Trinajstić information content (AvgIpc) is 2.26. The third kappa shape index (κ3) is 2.73. The molecule has 1 aromatic rings. The lowest BCUT2D eigenvalue weighted by Gasteiger charge is -2.15. The van der Waals surface area contributed by atoms with E-state index in [0.29, 0.717) is 6.42 Å². The molecule has 1 aliphatic heterocycles. The monoisotopic (exact) mass is 230 g/mol. The summed E-state index contributed by atoms with van der Waals surface area (Å²) in [6, 6.07) is 4.40. The number of amides is 1. The number of nitrogens with zero attached hydrogens (tertiary/aromatic N) is 1. The first-order valence-electron chi connectivity index (χ1n) is 5.97. The predicted octanol–water partition coefficient (Wildman–Crippen LogP) is 2.42. The summed E-state index contributed by atoms with van der Waals surface area (Å²) in [6.07, 6.45) is 2.18. The van der Waals surface area contributed by atoms with E-state index in [1.807, 2.05) is 0 Å². The van der Waals surface area contributed by atoms with Gasteiger partial charge < -0.3 is 0 Å². The fourth-order valence-electron chi connectivity index (χ4n) is 2.33. The van der Waals surface area contributed by atoms with Gasteiger partial charge in [-0.05, 0) is 43.9 Å². The second-order valence-corrected chi connectivity index (χ2v) is 4.77. The standard InChI is InChI=1S/C14H18N2O/c1-9-6-10(2)13(11(3)7-9)8-12-4-5-14(17)16-15-12/h6-7H,4-5,8H2,1-3H3,(H,16,17). The third-order valence-electron chi connectivity index (χ3n) is 3.20. The summed E-state index contributed by atoms with van der Waals surface area (Å²) in [7, 11) is 0. The van der Waals surface area contributed by atoms with Crippen LogP contribution in [0.2, 0.25) is 0 Å². The van der Waals surface area contributed by atoms with Gasteiger partial charge in [0, 0.05) is 18.6 Å². The normalized spacial score (nSPS) is 15.5. The molecule has 1 aliphatic rings. The molecule has 17 heavy (non-hydrogen) atoms. The number of aryl methyl sites for hydroxylation is 3. The van der Waals surface area contributed by atoms with Gasteiger partial charge in [0.1, 0.15) is 0 Å². The van der Waals surface area contributed by atoms with Crippen molar-refractivity contribution in [1.29, 1.82) is 0 Å². The van der Waals surface area contributed by atoms with Crippen molar-refractivity contribution >= 4 is 11.6 Å². The van der Waals surface area contributed by atoms with E-state index in [4.69, 9.17) is 0 Å². The summed E-state index contributed by atoms with van der Waals surface area (Å²) in [5, 5.41) is 4.13. The van der Waals surface area contributed by atoms with Gasteiger partial charge >= 0.3 is 0 Å². The zero-order valence-corrected chi connectivity index (χ0v) is 10.6. The smallest absolute Gasteiger partial charge is 0.240 e. The van der Waals surface area contributed by atoms with Crippen LogP contribution in [-0.4, -0.2) is 11.6 Å². The summed E-state index contributed by atoms with van der Waals surface area (Å²) < 4.78 is 0. The zero-order valence-electron chi connectivity index (χ0n) is 10.6. The summed E-state index contributed by atoms with van der Waals surface area (Å²) >= 11 is 0. The zero-order chi connectivity index (χ0) is 12.4. The Morgan fingerprint density at radius 3 is 2.35 bits per heavy atom. The van der Waals surface area contributed by atoms with Crippen molar-refractivity contribution in [3.63, 3.8) is 0 Å². The van der Waals surface area contributed by atoms with Crippen LogP contribution in [-0.2, 0) is 11.2 Å². The van der Waals surface area contributed by atoms with Crippen LogP contribution < -0.4 is 5.43 Å². The number of hydrogen-bond acceptors (Lipinski definition) is 2. The molecule has 0 unspecified atom stereocenters. The Morgan fingerprint density at radius 1 is 1.18 bits per heavy atom. The second kappa shape index (κ2) is 4.70. The molecule has 0 saturated carbocycles. The highest BCUT2D eigenvalue weighted by atomic mass is 16.2. The van der Waals surface area contributed by atoms with E-state index in [2.05, 4.69) is 43.4 Å². The molecule has 0 spiro atoms. The van der Waals surface area contributed by atoms with Crippen LogP contribution in [0.5, 0.6) is 0 Å². The molecule has 0 aromatic heterocycles. The summed E-state index contributed by atoms with van der Waals surface area (Å²) in [6.45, 7) is 6.39. The molecular weight excluding hydrogens is 212 g/mol. The van der Waals surface area contributed by atoms with Crippen LogP contribution in [0.15, 0.2) is 17.2 Å². The maximum Gasteiger partial charge on any atom is 0.240 e. The van der Waals surface area contributed by atoms with Crippen LogP contribution in [0.3, 0.4) is 0 Å².